The Balaban J connectivity index is 1.25. The third kappa shape index (κ3) is 6.40. The van der Waals surface area contributed by atoms with Crippen molar-refractivity contribution in [1.82, 2.24) is 19.9 Å². The van der Waals surface area contributed by atoms with Crippen molar-refractivity contribution in [3.63, 3.8) is 0 Å². The summed E-state index contributed by atoms with van der Waals surface area (Å²) in [6.07, 6.45) is 2.12. The van der Waals surface area contributed by atoms with Gasteiger partial charge in [0.05, 0.1) is 33.0 Å². The Bertz CT molecular complexity index is 982. The van der Waals surface area contributed by atoms with Crippen LogP contribution in [0.25, 0.3) is 0 Å². The second kappa shape index (κ2) is 12.4. The number of rotatable bonds is 8. The van der Waals surface area contributed by atoms with Crippen LogP contribution in [0.2, 0.25) is 0 Å². The third-order valence-corrected chi connectivity index (χ3v) is 6.91. The predicted molar refractivity (Wildman–Crippen MR) is 141 cm³/mol. The van der Waals surface area contributed by atoms with E-state index in [0.717, 1.165) is 44.8 Å². The molecule has 2 aromatic rings. The van der Waals surface area contributed by atoms with E-state index < -0.39 is 0 Å². The van der Waals surface area contributed by atoms with E-state index in [1.165, 1.54) is 0 Å². The average Bonchev–Trinajstić information content (AvgIpc) is 2.98. The molecule has 5 rings (SSSR count). The summed E-state index contributed by atoms with van der Waals surface area (Å²) in [5.41, 5.74) is 0.681. The molecular weight excluding hydrogens is 474 g/mol. The molecule has 37 heavy (non-hydrogen) atoms. The molecule has 0 radical (unpaired) electrons. The summed E-state index contributed by atoms with van der Waals surface area (Å²) in [7, 11) is 0. The number of anilines is 3. The zero-order valence-corrected chi connectivity index (χ0v) is 21.7. The normalized spacial score (nSPS) is 18.7. The summed E-state index contributed by atoms with van der Waals surface area (Å²) in [4.78, 5) is 36.0. The molecule has 4 heterocycles. The number of benzene rings is 1. The minimum atomic E-state index is 0.0402. The molecule has 0 N–H and O–H groups in total. The first kappa shape index (κ1) is 25.5. The van der Waals surface area contributed by atoms with Crippen LogP contribution in [-0.4, -0.2) is 111 Å². The van der Waals surface area contributed by atoms with Crippen molar-refractivity contribution in [2.75, 3.05) is 100 Å². The van der Waals surface area contributed by atoms with E-state index in [-0.39, 0.29) is 5.91 Å². The van der Waals surface area contributed by atoms with Gasteiger partial charge in [0.15, 0.2) is 0 Å². The molecule has 1 aromatic heterocycles. The lowest BCUT2D eigenvalue weighted by Gasteiger charge is -2.36. The number of piperazine rings is 1. The van der Waals surface area contributed by atoms with E-state index in [0.29, 0.717) is 82.6 Å². The maximum absolute atomic E-state index is 13.1. The molecule has 1 aromatic carbocycles. The van der Waals surface area contributed by atoms with Crippen LogP contribution >= 0.6 is 0 Å². The Labute approximate surface area is 218 Å². The van der Waals surface area contributed by atoms with E-state index in [1.807, 2.05) is 29.2 Å². The van der Waals surface area contributed by atoms with Crippen molar-refractivity contribution in [2.24, 2.45) is 0 Å². The predicted octanol–water partition coefficient (Wildman–Crippen LogP) is 1.69. The number of ether oxygens (including phenoxy) is 3. The second-order valence-electron chi connectivity index (χ2n) is 9.44. The molecule has 11 nitrogen and oxygen atoms in total. The minimum Gasteiger partial charge on any atom is -0.494 e. The first-order chi connectivity index (χ1) is 18.2. The standard InChI is InChI=1S/C26H37N7O4/c1-2-3-16-37-22-6-4-21(5-7-22)23(34)30-8-10-31(11-9-30)24-27-25(32-12-17-35-18-13-32)29-26(28-24)33-14-19-36-20-15-33/h4-7H,2-3,8-20H2,1H3. The molecule has 0 bridgehead atoms. The Morgan fingerprint density at radius 1 is 0.757 bits per heavy atom. The SMILES string of the molecule is CCCCOc1ccc(C(=O)N2CCN(c3nc(N4CCOCC4)nc(N4CCOCC4)n3)CC2)cc1. The van der Waals surface area contributed by atoms with E-state index in [9.17, 15) is 4.79 Å². The summed E-state index contributed by atoms with van der Waals surface area (Å²) < 4.78 is 16.8. The summed E-state index contributed by atoms with van der Waals surface area (Å²) in [6.45, 7) is 11.1. The smallest absolute Gasteiger partial charge is 0.253 e. The molecule has 200 valence electrons. The van der Waals surface area contributed by atoms with Crippen LogP contribution in [0, 0.1) is 0 Å². The van der Waals surface area contributed by atoms with Gasteiger partial charge in [-0.05, 0) is 30.7 Å². The zero-order chi connectivity index (χ0) is 25.5. The summed E-state index contributed by atoms with van der Waals surface area (Å²) in [6, 6.07) is 7.46. The molecule has 11 heteroatoms. The number of amides is 1. The van der Waals surface area contributed by atoms with Crippen molar-refractivity contribution in [3.05, 3.63) is 29.8 Å². The van der Waals surface area contributed by atoms with Crippen LogP contribution in [-0.2, 0) is 9.47 Å². The average molecular weight is 512 g/mol. The molecular formula is C26H37N7O4. The zero-order valence-electron chi connectivity index (χ0n) is 21.7. The summed E-state index contributed by atoms with van der Waals surface area (Å²) in [5, 5.41) is 0. The molecule has 3 fully saturated rings. The lowest BCUT2D eigenvalue weighted by molar-refractivity contribution is 0.0746. The van der Waals surface area contributed by atoms with Gasteiger partial charge >= 0.3 is 0 Å². The Morgan fingerprint density at radius 3 is 1.73 bits per heavy atom. The fourth-order valence-corrected chi connectivity index (χ4v) is 4.61. The van der Waals surface area contributed by atoms with Crippen molar-refractivity contribution >= 4 is 23.8 Å². The maximum atomic E-state index is 13.1. The van der Waals surface area contributed by atoms with Crippen LogP contribution in [0.3, 0.4) is 0 Å². The van der Waals surface area contributed by atoms with Crippen LogP contribution < -0.4 is 19.4 Å². The fourth-order valence-electron chi connectivity index (χ4n) is 4.61. The molecule has 0 atom stereocenters. The first-order valence-electron chi connectivity index (χ1n) is 13.4. The largest absolute Gasteiger partial charge is 0.494 e. The van der Waals surface area contributed by atoms with Gasteiger partial charge < -0.3 is 33.8 Å². The van der Waals surface area contributed by atoms with Crippen molar-refractivity contribution < 1.29 is 19.0 Å². The second-order valence-corrected chi connectivity index (χ2v) is 9.44. The minimum absolute atomic E-state index is 0.0402. The molecule has 0 saturated carbocycles. The Morgan fingerprint density at radius 2 is 1.24 bits per heavy atom. The summed E-state index contributed by atoms with van der Waals surface area (Å²) in [5.74, 6) is 2.89. The number of nitrogens with zero attached hydrogens (tertiary/aromatic N) is 7. The van der Waals surface area contributed by atoms with Gasteiger partial charge in [0.25, 0.3) is 5.91 Å². The number of aromatic nitrogens is 3. The number of unbranched alkanes of at least 4 members (excludes halogenated alkanes) is 1. The van der Waals surface area contributed by atoms with Crippen LogP contribution in [0.5, 0.6) is 5.75 Å². The number of hydrogen-bond donors (Lipinski definition) is 0. The lowest BCUT2D eigenvalue weighted by Crippen LogP contribution is -2.49. The highest BCUT2D eigenvalue weighted by Gasteiger charge is 2.27. The molecule has 3 aliphatic rings. The van der Waals surface area contributed by atoms with Gasteiger partial charge in [-0.15, -0.1) is 0 Å². The first-order valence-corrected chi connectivity index (χ1v) is 13.4. The maximum Gasteiger partial charge on any atom is 0.253 e. The number of carbonyl (C=O) groups excluding carboxylic acids is 1. The third-order valence-electron chi connectivity index (χ3n) is 6.91. The molecule has 3 saturated heterocycles. The van der Waals surface area contributed by atoms with Gasteiger partial charge in [0.1, 0.15) is 5.75 Å². The number of hydrogen-bond acceptors (Lipinski definition) is 10. The van der Waals surface area contributed by atoms with Crippen LogP contribution in [0.15, 0.2) is 24.3 Å². The lowest BCUT2D eigenvalue weighted by atomic mass is 10.1. The van der Waals surface area contributed by atoms with Gasteiger partial charge in [-0.3, -0.25) is 4.79 Å². The number of morpholine rings is 2. The van der Waals surface area contributed by atoms with Crippen LogP contribution in [0.4, 0.5) is 17.8 Å². The Hall–Kier alpha value is -3.18. The number of carbonyl (C=O) groups is 1. The van der Waals surface area contributed by atoms with Gasteiger partial charge in [-0.1, -0.05) is 13.3 Å². The van der Waals surface area contributed by atoms with Gasteiger partial charge in [-0.25, -0.2) is 0 Å². The van der Waals surface area contributed by atoms with Gasteiger partial charge in [0.2, 0.25) is 17.8 Å². The monoisotopic (exact) mass is 511 g/mol. The topological polar surface area (TPSA) is 96.4 Å². The van der Waals surface area contributed by atoms with Crippen molar-refractivity contribution in [3.8, 4) is 5.75 Å². The molecule has 3 aliphatic heterocycles. The molecule has 0 unspecified atom stereocenters. The summed E-state index contributed by atoms with van der Waals surface area (Å²) >= 11 is 0. The highest BCUT2D eigenvalue weighted by Crippen LogP contribution is 2.22. The molecule has 0 spiro atoms. The van der Waals surface area contributed by atoms with E-state index in [4.69, 9.17) is 29.2 Å². The quantitative estimate of drug-likeness (QED) is 0.487. The van der Waals surface area contributed by atoms with E-state index in [1.54, 1.807) is 0 Å². The van der Waals surface area contributed by atoms with Gasteiger partial charge in [-0.2, -0.15) is 15.0 Å². The molecule has 1 amide bonds. The van der Waals surface area contributed by atoms with E-state index in [2.05, 4.69) is 21.6 Å². The van der Waals surface area contributed by atoms with Crippen molar-refractivity contribution in [1.29, 1.82) is 0 Å². The highest BCUT2D eigenvalue weighted by atomic mass is 16.5. The fraction of sp³-hybridized carbons (Fsp3) is 0.615. The van der Waals surface area contributed by atoms with Crippen LogP contribution in [0.1, 0.15) is 30.1 Å². The van der Waals surface area contributed by atoms with Gasteiger partial charge in [0, 0.05) is 57.9 Å². The van der Waals surface area contributed by atoms with Crippen molar-refractivity contribution in [2.45, 2.75) is 19.8 Å². The van der Waals surface area contributed by atoms with E-state index >= 15 is 0 Å². The highest BCUT2D eigenvalue weighted by molar-refractivity contribution is 5.94. The molecule has 0 aliphatic carbocycles. The Kier molecular flexibility index (Phi) is 8.52.